The number of aromatic nitrogens is 1. The van der Waals surface area contributed by atoms with Crippen molar-refractivity contribution in [1.29, 1.82) is 0 Å². The first kappa shape index (κ1) is 12.4. The van der Waals surface area contributed by atoms with Gasteiger partial charge in [0.05, 0.1) is 12.1 Å². The smallest absolute Gasteiger partial charge is 0.354 e. The van der Waals surface area contributed by atoms with Crippen molar-refractivity contribution < 1.29 is 14.6 Å². The molecule has 5 heteroatoms. The highest BCUT2D eigenvalue weighted by Gasteiger charge is 2.18. The first-order valence-corrected chi connectivity index (χ1v) is 4.92. The number of methoxy groups -OCH3 is 1. The van der Waals surface area contributed by atoms with E-state index in [9.17, 15) is 4.79 Å². The molecular weight excluding hydrogens is 208 g/mol. The molecule has 2 N–H and O–H groups in total. The number of hydrogen-bond acceptors (Lipinski definition) is 4. The minimum absolute atomic E-state index is 0.0261. The zero-order valence-corrected chi connectivity index (χ0v) is 9.65. The average Bonchev–Trinajstić information content (AvgIpc) is 2.17. The number of carbonyl (C=O) groups is 1. The largest absolute Gasteiger partial charge is 0.477 e. The standard InChI is InChI=1S/C11H16N2O3/c1-11(2,7-16-3)13-9-6-4-5-8(12-9)10(14)15/h4-6H,7H2,1-3H3,(H,12,13)(H,14,15). The van der Waals surface area contributed by atoms with Crippen LogP contribution in [0.4, 0.5) is 5.82 Å². The van der Waals surface area contributed by atoms with Crippen molar-refractivity contribution in [2.24, 2.45) is 0 Å². The van der Waals surface area contributed by atoms with E-state index in [-0.39, 0.29) is 11.2 Å². The Morgan fingerprint density at radius 3 is 2.81 bits per heavy atom. The van der Waals surface area contributed by atoms with Gasteiger partial charge in [0.1, 0.15) is 5.82 Å². The molecule has 0 spiro atoms. The maximum atomic E-state index is 10.7. The Morgan fingerprint density at radius 2 is 2.25 bits per heavy atom. The van der Waals surface area contributed by atoms with Crippen molar-refractivity contribution in [2.75, 3.05) is 19.0 Å². The van der Waals surface area contributed by atoms with Gasteiger partial charge in [-0.1, -0.05) is 6.07 Å². The molecule has 1 aromatic rings. The van der Waals surface area contributed by atoms with Crippen LogP contribution in [0.15, 0.2) is 18.2 Å². The normalized spacial score (nSPS) is 11.2. The molecule has 0 aliphatic heterocycles. The predicted molar refractivity (Wildman–Crippen MR) is 60.8 cm³/mol. The molecule has 0 amide bonds. The van der Waals surface area contributed by atoms with Crippen LogP contribution in [0.5, 0.6) is 0 Å². The van der Waals surface area contributed by atoms with Crippen LogP contribution in [0.1, 0.15) is 24.3 Å². The summed E-state index contributed by atoms with van der Waals surface area (Å²) in [5, 5.41) is 11.9. The van der Waals surface area contributed by atoms with Crippen molar-refractivity contribution in [3.63, 3.8) is 0 Å². The summed E-state index contributed by atoms with van der Waals surface area (Å²) in [5.74, 6) is -0.504. The number of carboxylic acid groups (broad SMARTS) is 1. The molecule has 0 fully saturated rings. The Bertz CT molecular complexity index is 377. The fraction of sp³-hybridized carbons (Fsp3) is 0.455. The monoisotopic (exact) mass is 224 g/mol. The zero-order chi connectivity index (χ0) is 12.2. The molecule has 0 saturated carbocycles. The lowest BCUT2D eigenvalue weighted by Gasteiger charge is -2.25. The van der Waals surface area contributed by atoms with E-state index < -0.39 is 5.97 Å². The van der Waals surface area contributed by atoms with Gasteiger partial charge in [-0.15, -0.1) is 0 Å². The number of nitrogens with one attached hydrogen (secondary N) is 1. The highest BCUT2D eigenvalue weighted by molar-refractivity contribution is 5.85. The van der Waals surface area contributed by atoms with Crippen LogP contribution in [0.3, 0.4) is 0 Å². The van der Waals surface area contributed by atoms with Gasteiger partial charge in [-0.25, -0.2) is 9.78 Å². The van der Waals surface area contributed by atoms with Gasteiger partial charge < -0.3 is 15.2 Å². The van der Waals surface area contributed by atoms with E-state index in [1.807, 2.05) is 13.8 Å². The van der Waals surface area contributed by atoms with Gasteiger partial charge in [0.25, 0.3) is 0 Å². The third kappa shape index (κ3) is 3.51. The minimum atomic E-state index is -1.03. The fourth-order valence-corrected chi connectivity index (χ4v) is 1.37. The van der Waals surface area contributed by atoms with Gasteiger partial charge in [-0.3, -0.25) is 0 Å². The molecule has 0 aromatic carbocycles. The Morgan fingerprint density at radius 1 is 1.56 bits per heavy atom. The topological polar surface area (TPSA) is 71.5 Å². The van der Waals surface area contributed by atoms with Crippen molar-refractivity contribution in [3.8, 4) is 0 Å². The molecule has 16 heavy (non-hydrogen) atoms. The number of hydrogen-bond donors (Lipinski definition) is 2. The molecule has 5 nitrogen and oxygen atoms in total. The van der Waals surface area contributed by atoms with E-state index in [1.54, 1.807) is 19.2 Å². The highest BCUT2D eigenvalue weighted by atomic mass is 16.5. The van der Waals surface area contributed by atoms with Crippen molar-refractivity contribution in [2.45, 2.75) is 19.4 Å². The molecule has 0 aliphatic carbocycles. The summed E-state index contributed by atoms with van der Waals surface area (Å²) in [6.45, 7) is 4.41. The maximum absolute atomic E-state index is 10.7. The third-order valence-electron chi connectivity index (χ3n) is 1.94. The second kappa shape index (κ2) is 4.94. The molecule has 0 unspecified atom stereocenters. The molecule has 0 radical (unpaired) electrons. The van der Waals surface area contributed by atoms with E-state index in [2.05, 4.69) is 10.3 Å². The highest BCUT2D eigenvalue weighted by Crippen LogP contribution is 2.13. The van der Waals surface area contributed by atoms with E-state index in [4.69, 9.17) is 9.84 Å². The van der Waals surface area contributed by atoms with Gasteiger partial charge in [-0.05, 0) is 26.0 Å². The second-order valence-electron chi connectivity index (χ2n) is 4.16. The van der Waals surface area contributed by atoms with Crippen molar-refractivity contribution in [3.05, 3.63) is 23.9 Å². The van der Waals surface area contributed by atoms with E-state index in [0.717, 1.165) is 0 Å². The lowest BCUT2D eigenvalue weighted by Crippen LogP contribution is -2.36. The Balaban J connectivity index is 2.81. The van der Waals surface area contributed by atoms with E-state index >= 15 is 0 Å². The molecule has 1 heterocycles. The van der Waals surface area contributed by atoms with Gasteiger partial charge >= 0.3 is 5.97 Å². The van der Waals surface area contributed by atoms with Crippen LogP contribution in [0.25, 0.3) is 0 Å². The number of ether oxygens (including phenoxy) is 1. The van der Waals surface area contributed by atoms with Crippen LogP contribution in [0, 0.1) is 0 Å². The minimum Gasteiger partial charge on any atom is -0.477 e. The van der Waals surface area contributed by atoms with E-state index in [0.29, 0.717) is 12.4 Å². The first-order valence-electron chi connectivity index (χ1n) is 4.92. The Labute approximate surface area is 94.5 Å². The quantitative estimate of drug-likeness (QED) is 0.795. The van der Waals surface area contributed by atoms with Gasteiger partial charge in [0.2, 0.25) is 0 Å². The maximum Gasteiger partial charge on any atom is 0.354 e. The number of aromatic carboxylic acids is 1. The number of anilines is 1. The Hall–Kier alpha value is -1.62. The first-order chi connectivity index (χ1) is 7.44. The third-order valence-corrected chi connectivity index (χ3v) is 1.94. The SMILES string of the molecule is COCC(C)(C)Nc1cccc(C(=O)O)n1. The summed E-state index contributed by atoms with van der Waals surface area (Å²) in [7, 11) is 1.62. The number of rotatable bonds is 5. The molecule has 1 aromatic heterocycles. The van der Waals surface area contributed by atoms with Crippen LogP contribution >= 0.6 is 0 Å². The van der Waals surface area contributed by atoms with Crippen LogP contribution in [-0.4, -0.2) is 35.3 Å². The zero-order valence-electron chi connectivity index (χ0n) is 9.65. The predicted octanol–water partition coefficient (Wildman–Crippen LogP) is 1.62. The Kier molecular flexibility index (Phi) is 3.84. The van der Waals surface area contributed by atoms with Crippen molar-refractivity contribution >= 4 is 11.8 Å². The summed E-state index contributed by atoms with van der Waals surface area (Å²) in [4.78, 5) is 14.7. The lowest BCUT2D eigenvalue weighted by atomic mass is 10.1. The summed E-state index contributed by atoms with van der Waals surface area (Å²) < 4.78 is 5.05. The summed E-state index contributed by atoms with van der Waals surface area (Å²) in [6, 6.07) is 4.84. The van der Waals surface area contributed by atoms with Crippen LogP contribution in [-0.2, 0) is 4.74 Å². The van der Waals surface area contributed by atoms with Gasteiger partial charge in [0.15, 0.2) is 5.69 Å². The molecule has 0 saturated heterocycles. The molecule has 0 aliphatic rings. The number of pyridine rings is 1. The summed E-state index contributed by atoms with van der Waals surface area (Å²) in [5.41, 5.74) is -0.267. The van der Waals surface area contributed by atoms with Gasteiger partial charge in [-0.2, -0.15) is 0 Å². The number of carboxylic acids is 1. The number of nitrogens with zero attached hydrogens (tertiary/aromatic N) is 1. The van der Waals surface area contributed by atoms with Crippen LogP contribution in [0.2, 0.25) is 0 Å². The summed E-state index contributed by atoms with van der Waals surface area (Å²) >= 11 is 0. The van der Waals surface area contributed by atoms with E-state index in [1.165, 1.54) is 6.07 Å². The van der Waals surface area contributed by atoms with Crippen molar-refractivity contribution in [1.82, 2.24) is 4.98 Å². The summed E-state index contributed by atoms with van der Waals surface area (Å²) in [6.07, 6.45) is 0. The molecular formula is C11H16N2O3. The fourth-order valence-electron chi connectivity index (χ4n) is 1.37. The molecule has 0 bridgehead atoms. The average molecular weight is 224 g/mol. The van der Waals surface area contributed by atoms with Gasteiger partial charge in [0, 0.05) is 7.11 Å². The molecule has 1 rings (SSSR count). The molecule has 0 atom stereocenters. The lowest BCUT2D eigenvalue weighted by molar-refractivity contribution is 0.0690. The second-order valence-corrected chi connectivity index (χ2v) is 4.16. The molecule has 88 valence electrons. The van der Waals surface area contributed by atoms with Crippen LogP contribution < -0.4 is 5.32 Å².